The Bertz CT molecular complexity index is 541. The fourth-order valence-corrected chi connectivity index (χ4v) is 2.79. The maximum Gasteiger partial charge on any atom is 0.306 e. The molecule has 5 nitrogen and oxygen atoms in total. The number of carbonyl (C=O) groups is 2. The van der Waals surface area contributed by atoms with Gasteiger partial charge in [-0.15, -0.1) is 0 Å². The molecule has 0 heterocycles. The molecule has 0 aromatic heterocycles. The highest BCUT2D eigenvalue weighted by molar-refractivity contribution is 5.80. The molecule has 0 bridgehead atoms. The quantitative estimate of drug-likeness (QED) is 0.847. The smallest absolute Gasteiger partial charge is 0.306 e. The van der Waals surface area contributed by atoms with Crippen LogP contribution in [0.25, 0.3) is 0 Å². The molecular weight excluding hydrogens is 282 g/mol. The van der Waals surface area contributed by atoms with Crippen LogP contribution in [0.4, 0.5) is 0 Å². The molecule has 22 heavy (non-hydrogen) atoms. The van der Waals surface area contributed by atoms with Crippen molar-refractivity contribution in [2.75, 3.05) is 0 Å². The van der Waals surface area contributed by atoms with Crippen molar-refractivity contribution in [1.82, 2.24) is 5.32 Å². The zero-order valence-electron chi connectivity index (χ0n) is 13.0. The van der Waals surface area contributed by atoms with Gasteiger partial charge in [-0.2, -0.15) is 0 Å². The van der Waals surface area contributed by atoms with E-state index in [0.29, 0.717) is 25.8 Å². The minimum absolute atomic E-state index is 0.0666. The Labute approximate surface area is 130 Å². The van der Waals surface area contributed by atoms with Crippen molar-refractivity contribution in [3.63, 3.8) is 0 Å². The lowest BCUT2D eigenvalue weighted by Crippen LogP contribution is -2.29. The molecule has 0 spiro atoms. The number of amides is 1. The maximum atomic E-state index is 12.2. The first-order valence-corrected chi connectivity index (χ1v) is 7.72. The third-order valence-corrected chi connectivity index (χ3v) is 3.94. The Morgan fingerprint density at radius 3 is 2.59 bits per heavy atom. The largest absolute Gasteiger partial charge is 0.491 e. The molecule has 0 unspecified atom stereocenters. The van der Waals surface area contributed by atoms with E-state index >= 15 is 0 Å². The third-order valence-electron chi connectivity index (χ3n) is 3.94. The average Bonchev–Trinajstić information content (AvgIpc) is 2.95. The summed E-state index contributed by atoms with van der Waals surface area (Å²) in [4.78, 5) is 23.1. The van der Waals surface area contributed by atoms with E-state index in [1.165, 1.54) is 0 Å². The summed E-state index contributed by atoms with van der Waals surface area (Å²) in [5.41, 5.74) is 0.928. The van der Waals surface area contributed by atoms with Crippen LogP contribution in [-0.2, 0) is 16.1 Å². The van der Waals surface area contributed by atoms with Crippen LogP contribution in [0.3, 0.4) is 0 Å². The second-order valence-corrected chi connectivity index (χ2v) is 6.04. The first-order valence-electron chi connectivity index (χ1n) is 7.72. The molecule has 120 valence electrons. The molecule has 0 saturated heterocycles. The first-order chi connectivity index (χ1) is 10.5. The number of carboxylic acids is 1. The second-order valence-electron chi connectivity index (χ2n) is 6.04. The Hall–Kier alpha value is -2.04. The summed E-state index contributed by atoms with van der Waals surface area (Å²) in [6.07, 6.45) is 1.74. The molecule has 0 radical (unpaired) electrons. The summed E-state index contributed by atoms with van der Waals surface area (Å²) in [5, 5.41) is 11.9. The lowest BCUT2D eigenvalue weighted by molar-refractivity contribution is -0.141. The number of ether oxygens (including phenoxy) is 1. The van der Waals surface area contributed by atoms with Gasteiger partial charge in [0.1, 0.15) is 5.75 Å². The summed E-state index contributed by atoms with van der Waals surface area (Å²) in [6, 6.07) is 7.62. The molecule has 1 amide bonds. The third kappa shape index (κ3) is 4.23. The van der Waals surface area contributed by atoms with E-state index in [0.717, 1.165) is 11.3 Å². The molecule has 1 fully saturated rings. The number of carboxylic acid groups (broad SMARTS) is 1. The van der Waals surface area contributed by atoms with E-state index in [-0.39, 0.29) is 23.8 Å². The summed E-state index contributed by atoms with van der Waals surface area (Å²) in [5.74, 6) is -0.673. The van der Waals surface area contributed by atoms with Gasteiger partial charge in [-0.25, -0.2) is 0 Å². The number of hydrogen-bond donors (Lipinski definition) is 2. The normalized spacial score (nSPS) is 20.9. The number of rotatable bonds is 6. The van der Waals surface area contributed by atoms with Crippen LogP contribution >= 0.6 is 0 Å². The van der Waals surface area contributed by atoms with E-state index in [1.807, 2.05) is 38.1 Å². The molecule has 2 rings (SSSR count). The Kier molecular flexibility index (Phi) is 5.41. The van der Waals surface area contributed by atoms with Gasteiger partial charge in [-0.05, 0) is 39.2 Å². The second kappa shape index (κ2) is 7.29. The average molecular weight is 305 g/mol. The van der Waals surface area contributed by atoms with Crippen LogP contribution in [0, 0.1) is 11.8 Å². The van der Waals surface area contributed by atoms with E-state index < -0.39 is 5.97 Å². The number of nitrogens with one attached hydrogen (secondary N) is 1. The van der Waals surface area contributed by atoms with E-state index in [4.69, 9.17) is 9.84 Å². The number of carbonyl (C=O) groups excluding carboxylic acids is 1. The van der Waals surface area contributed by atoms with Crippen LogP contribution in [0.2, 0.25) is 0 Å². The van der Waals surface area contributed by atoms with E-state index in [2.05, 4.69) is 5.32 Å². The van der Waals surface area contributed by atoms with Gasteiger partial charge < -0.3 is 15.2 Å². The van der Waals surface area contributed by atoms with Crippen LogP contribution in [-0.4, -0.2) is 23.1 Å². The van der Waals surface area contributed by atoms with Gasteiger partial charge >= 0.3 is 5.97 Å². The molecule has 5 heteroatoms. The van der Waals surface area contributed by atoms with Crippen molar-refractivity contribution >= 4 is 11.9 Å². The van der Waals surface area contributed by atoms with Crippen molar-refractivity contribution < 1.29 is 19.4 Å². The molecule has 2 atom stereocenters. The lowest BCUT2D eigenvalue weighted by Gasteiger charge is -2.16. The predicted octanol–water partition coefficient (Wildman–Crippen LogP) is 2.59. The lowest BCUT2D eigenvalue weighted by atomic mass is 10.0. The van der Waals surface area contributed by atoms with Crippen LogP contribution in [0.15, 0.2) is 24.3 Å². The summed E-state index contributed by atoms with van der Waals surface area (Å²) < 4.78 is 5.72. The Morgan fingerprint density at radius 1 is 1.27 bits per heavy atom. The van der Waals surface area contributed by atoms with E-state index in [9.17, 15) is 9.59 Å². The van der Waals surface area contributed by atoms with Gasteiger partial charge in [0.05, 0.1) is 12.0 Å². The first kappa shape index (κ1) is 16.3. The van der Waals surface area contributed by atoms with Gasteiger partial charge in [-0.3, -0.25) is 9.59 Å². The highest BCUT2D eigenvalue weighted by Gasteiger charge is 2.33. The number of aliphatic carboxylic acids is 1. The standard InChI is InChI=1S/C17H23NO4/c1-11(2)22-15-6-4-3-5-14(15)10-18-16(19)12-7-8-13(9-12)17(20)21/h3-6,11-13H,7-10H2,1-2H3,(H,18,19)(H,20,21)/t12-,13+/m1/s1. The van der Waals surface area contributed by atoms with Crippen LogP contribution < -0.4 is 10.1 Å². The molecular formula is C17H23NO4. The Morgan fingerprint density at radius 2 is 1.95 bits per heavy atom. The van der Waals surface area contributed by atoms with Gasteiger partial charge in [0.15, 0.2) is 0 Å². The molecule has 1 aromatic rings. The van der Waals surface area contributed by atoms with Gasteiger partial charge in [0.25, 0.3) is 0 Å². The maximum absolute atomic E-state index is 12.2. The van der Waals surface area contributed by atoms with Crippen LogP contribution in [0.5, 0.6) is 5.75 Å². The zero-order chi connectivity index (χ0) is 16.1. The molecule has 0 aliphatic heterocycles. The highest BCUT2D eigenvalue weighted by Crippen LogP contribution is 2.31. The van der Waals surface area contributed by atoms with Gasteiger partial charge in [0.2, 0.25) is 5.91 Å². The van der Waals surface area contributed by atoms with Crippen molar-refractivity contribution in [3.05, 3.63) is 29.8 Å². The summed E-state index contributed by atoms with van der Waals surface area (Å²) in [6.45, 7) is 4.32. The number of hydrogen-bond acceptors (Lipinski definition) is 3. The fraction of sp³-hybridized carbons (Fsp3) is 0.529. The molecule has 1 aliphatic rings. The van der Waals surface area contributed by atoms with Crippen molar-refractivity contribution in [3.8, 4) is 5.75 Å². The fourth-order valence-electron chi connectivity index (χ4n) is 2.79. The monoisotopic (exact) mass is 305 g/mol. The van der Waals surface area contributed by atoms with Gasteiger partial charge in [-0.1, -0.05) is 18.2 Å². The minimum Gasteiger partial charge on any atom is -0.491 e. The molecule has 1 aliphatic carbocycles. The molecule has 1 saturated carbocycles. The predicted molar refractivity (Wildman–Crippen MR) is 82.5 cm³/mol. The topological polar surface area (TPSA) is 75.6 Å². The number of benzene rings is 1. The Balaban J connectivity index is 1.90. The molecule has 1 aromatic carbocycles. The van der Waals surface area contributed by atoms with Crippen molar-refractivity contribution in [2.24, 2.45) is 11.8 Å². The van der Waals surface area contributed by atoms with E-state index in [1.54, 1.807) is 0 Å². The van der Waals surface area contributed by atoms with Crippen molar-refractivity contribution in [2.45, 2.75) is 45.8 Å². The minimum atomic E-state index is -0.800. The zero-order valence-corrected chi connectivity index (χ0v) is 13.0. The molecule has 2 N–H and O–H groups in total. The van der Waals surface area contributed by atoms with Crippen molar-refractivity contribution in [1.29, 1.82) is 0 Å². The summed E-state index contributed by atoms with van der Waals surface area (Å²) in [7, 11) is 0. The highest BCUT2D eigenvalue weighted by atomic mass is 16.5. The summed E-state index contributed by atoms with van der Waals surface area (Å²) >= 11 is 0. The van der Waals surface area contributed by atoms with Gasteiger partial charge in [0, 0.05) is 18.0 Å². The number of para-hydroxylation sites is 1. The SMILES string of the molecule is CC(C)Oc1ccccc1CNC(=O)[C@@H]1CC[C@H](C(=O)O)C1. The van der Waals surface area contributed by atoms with Crippen LogP contribution in [0.1, 0.15) is 38.7 Å².